The first kappa shape index (κ1) is 15.8. The number of phenols is 1. The molecule has 3 aromatic rings. The summed E-state index contributed by atoms with van der Waals surface area (Å²) in [7, 11) is 0. The number of anilines is 1. The molecule has 5 N–H and O–H groups in total. The number of phenolic OH excluding ortho intramolecular Hbond substituents is 1. The monoisotopic (exact) mass is 325 g/mol. The highest BCUT2D eigenvalue weighted by Crippen LogP contribution is 2.35. The average molecular weight is 325 g/mol. The van der Waals surface area contributed by atoms with Crippen LogP contribution in [0.1, 0.15) is 34.2 Å². The number of rotatable bonds is 3. The molecule has 0 atom stereocenters. The van der Waals surface area contributed by atoms with E-state index in [1.54, 1.807) is 29.8 Å². The van der Waals surface area contributed by atoms with Crippen LogP contribution in [0.15, 0.2) is 18.3 Å². The zero-order valence-electron chi connectivity index (χ0n) is 13.8. The predicted molar refractivity (Wildman–Crippen MR) is 92.3 cm³/mol. The first-order chi connectivity index (χ1) is 11.4. The third-order valence-electron chi connectivity index (χ3n) is 4.19. The third kappa shape index (κ3) is 2.17. The van der Waals surface area contributed by atoms with Gasteiger partial charge in [-0.2, -0.15) is 0 Å². The van der Waals surface area contributed by atoms with E-state index in [-0.39, 0.29) is 17.1 Å². The first-order valence-electron chi connectivity index (χ1n) is 7.61. The van der Waals surface area contributed by atoms with Gasteiger partial charge in [0, 0.05) is 18.2 Å². The van der Waals surface area contributed by atoms with Crippen molar-refractivity contribution in [2.75, 3.05) is 5.73 Å². The molecule has 2 heterocycles. The van der Waals surface area contributed by atoms with Crippen molar-refractivity contribution in [1.29, 1.82) is 0 Å². The summed E-state index contributed by atoms with van der Waals surface area (Å²) < 4.78 is 1.67. The lowest BCUT2D eigenvalue weighted by molar-refractivity contribution is 0.100. The molecular formula is C17H19N5O2. The summed E-state index contributed by atoms with van der Waals surface area (Å²) in [5.74, 6) is 0.325. The number of hydrogen-bond donors (Lipinski definition) is 3. The number of carbonyl (C=O) groups is 1. The van der Waals surface area contributed by atoms with Crippen LogP contribution in [-0.2, 0) is 6.42 Å². The summed E-state index contributed by atoms with van der Waals surface area (Å²) in [6.07, 6.45) is 2.21. The number of primary amides is 1. The molecule has 0 aliphatic heterocycles. The quantitative estimate of drug-likeness (QED) is 0.680. The van der Waals surface area contributed by atoms with Gasteiger partial charge in [-0.3, -0.25) is 9.36 Å². The van der Waals surface area contributed by atoms with Crippen LogP contribution in [0, 0.1) is 13.8 Å². The molecule has 0 aliphatic carbocycles. The number of benzene rings is 1. The van der Waals surface area contributed by atoms with E-state index in [1.807, 2.05) is 13.8 Å². The molecule has 7 heteroatoms. The third-order valence-corrected chi connectivity index (χ3v) is 4.19. The Labute approximate surface area is 138 Å². The molecule has 0 bridgehead atoms. The normalized spacial score (nSPS) is 11.1. The number of nitrogens with zero attached hydrogens (tertiary/aromatic N) is 3. The number of aryl methyl sites for hydroxylation is 2. The number of nitrogen functional groups attached to an aromatic ring is 1. The Hall–Kier alpha value is -3.09. The summed E-state index contributed by atoms with van der Waals surface area (Å²) in [6, 6.07) is 3.41. The number of hydrogen-bond acceptors (Lipinski definition) is 5. The molecule has 0 aliphatic rings. The minimum absolute atomic E-state index is 0.141. The van der Waals surface area contributed by atoms with E-state index in [2.05, 4.69) is 9.97 Å². The van der Waals surface area contributed by atoms with Crippen LogP contribution in [0.5, 0.6) is 5.75 Å². The minimum atomic E-state index is -0.639. The molecular weight excluding hydrogens is 306 g/mol. The Kier molecular flexibility index (Phi) is 3.63. The highest BCUT2D eigenvalue weighted by molar-refractivity contribution is 6.10. The molecule has 0 radical (unpaired) electrons. The molecule has 0 spiro atoms. The lowest BCUT2D eigenvalue weighted by Gasteiger charge is -2.15. The van der Waals surface area contributed by atoms with E-state index in [4.69, 9.17) is 11.5 Å². The smallest absolute Gasteiger partial charge is 0.253 e. The van der Waals surface area contributed by atoms with Gasteiger partial charge in [0.2, 0.25) is 0 Å². The predicted octanol–water partition coefficient (Wildman–Crippen LogP) is 1.99. The van der Waals surface area contributed by atoms with E-state index in [1.165, 1.54) is 0 Å². The maximum absolute atomic E-state index is 11.9. The van der Waals surface area contributed by atoms with Gasteiger partial charge < -0.3 is 16.6 Å². The van der Waals surface area contributed by atoms with Gasteiger partial charge in [-0.15, -0.1) is 0 Å². The van der Waals surface area contributed by atoms with Crippen molar-refractivity contribution in [3.8, 4) is 11.4 Å². The molecule has 2 aromatic heterocycles. The van der Waals surface area contributed by atoms with Crippen molar-refractivity contribution < 1.29 is 9.90 Å². The van der Waals surface area contributed by atoms with Gasteiger partial charge in [-0.05, 0) is 25.5 Å². The maximum Gasteiger partial charge on any atom is 0.253 e. The van der Waals surface area contributed by atoms with Gasteiger partial charge >= 0.3 is 0 Å². The summed E-state index contributed by atoms with van der Waals surface area (Å²) in [6.45, 7) is 5.63. The summed E-state index contributed by atoms with van der Waals surface area (Å²) >= 11 is 0. The number of nitrogens with two attached hydrogens (primary N) is 2. The van der Waals surface area contributed by atoms with Crippen molar-refractivity contribution >= 4 is 22.8 Å². The molecule has 1 aromatic carbocycles. The topological polar surface area (TPSA) is 120 Å². The van der Waals surface area contributed by atoms with Crippen LogP contribution in [0.3, 0.4) is 0 Å². The fraction of sp³-hybridized carbons (Fsp3) is 0.235. The zero-order valence-corrected chi connectivity index (χ0v) is 13.8. The van der Waals surface area contributed by atoms with Gasteiger partial charge in [0.1, 0.15) is 17.4 Å². The van der Waals surface area contributed by atoms with E-state index in [9.17, 15) is 9.90 Å². The van der Waals surface area contributed by atoms with E-state index in [0.717, 1.165) is 5.56 Å². The number of carbonyl (C=O) groups excluding carboxylic acids is 1. The van der Waals surface area contributed by atoms with Crippen molar-refractivity contribution in [2.24, 2.45) is 5.73 Å². The number of fused-ring (bicyclic) bond motifs is 1. The van der Waals surface area contributed by atoms with Crippen LogP contribution in [0.25, 0.3) is 16.7 Å². The highest BCUT2D eigenvalue weighted by atomic mass is 16.3. The maximum atomic E-state index is 11.9. The Morgan fingerprint density at radius 1 is 1.33 bits per heavy atom. The van der Waals surface area contributed by atoms with Gasteiger partial charge in [0.25, 0.3) is 5.91 Å². The molecule has 0 saturated heterocycles. The Morgan fingerprint density at radius 2 is 2.04 bits per heavy atom. The van der Waals surface area contributed by atoms with Crippen molar-refractivity contribution in [3.63, 3.8) is 0 Å². The molecule has 0 fully saturated rings. The van der Waals surface area contributed by atoms with Crippen LogP contribution in [0.4, 0.5) is 5.82 Å². The summed E-state index contributed by atoms with van der Waals surface area (Å²) in [4.78, 5) is 20.7. The van der Waals surface area contributed by atoms with Gasteiger partial charge in [0.15, 0.2) is 5.65 Å². The number of aromatic nitrogens is 3. The second-order valence-corrected chi connectivity index (χ2v) is 5.71. The fourth-order valence-corrected chi connectivity index (χ4v) is 2.94. The lowest BCUT2D eigenvalue weighted by Crippen LogP contribution is -2.14. The second kappa shape index (κ2) is 5.52. The fourth-order valence-electron chi connectivity index (χ4n) is 2.94. The van der Waals surface area contributed by atoms with Crippen LogP contribution in [0.2, 0.25) is 0 Å². The SMILES string of the molecule is CCc1ncc2c(C(N)=O)c(N)n(-c3c(C)ccc(O)c3C)c2n1. The standard InChI is InChI=1S/C17H19N5O2/c1-4-12-20-7-10-13(16(19)24)15(18)22(17(10)21-12)14-8(2)5-6-11(23)9(14)3/h5-7,23H,4,18H2,1-3H3,(H2,19,24). The number of aromatic hydroxyl groups is 1. The largest absolute Gasteiger partial charge is 0.508 e. The molecule has 3 rings (SSSR count). The van der Waals surface area contributed by atoms with Crippen LogP contribution < -0.4 is 11.5 Å². The van der Waals surface area contributed by atoms with Crippen molar-refractivity contribution in [3.05, 3.63) is 40.8 Å². The first-order valence-corrected chi connectivity index (χ1v) is 7.61. The molecule has 7 nitrogen and oxygen atoms in total. The van der Waals surface area contributed by atoms with Gasteiger partial charge in [-0.25, -0.2) is 9.97 Å². The molecule has 1 amide bonds. The number of amides is 1. The minimum Gasteiger partial charge on any atom is -0.508 e. The van der Waals surface area contributed by atoms with E-state index < -0.39 is 5.91 Å². The zero-order chi connectivity index (χ0) is 17.6. The molecule has 24 heavy (non-hydrogen) atoms. The highest BCUT2D eigenvalue weighted by Gasteiger charge is 2.24. The summed E-state index contributed by atoms with van der Waals surface area (Å²) in [5, 5.41) is 10.6. The van der Waals surface area contributed by atoms with Gasteiger partial charge in [0.05, 0.1) is 16.6 Å². The molecule has 0 saturated carbocycles. The van der Waals surface area contributed by atoms with Crippen LogP contribution >= 0.6 is 0 Å². The second-order valence-electron chi connectivity index (χ2n) is 5.71. The Bertz CT molecular complexity index is 975. The Morgan fingerprint density at radius 3 is 2.67 bits per heavy atom. The Balaban J connectivity index is 2.51. The van der Waals surface area contributed by atoms with Crippen molar-refractivity contribution in [1.82, 2.24) is 14.5 Å². The van der Waals surface area contributed by atoms with E-state index in [0.29, 0.717) is 34.5 Å². The van der Waals surface area contributed by atoms with Crippen molar-refractivity contribution in [2.45, 2.75) is 27.2 Å². The van der Waals surface area contributed by atoms with Gasteiger partial charge in [-0.1, -0.05) is 13.0 Å². The van der Waals surface area contributed by atoms with Crippen LogP contribution in [-0.4, -0.2) is 25.5 Å². The lowest BCUT2D eigenvalue weighted by atomic mass is 10.1. The average Bonchev–Trinajstić information content (AvgIpc) is 2.83. The molecule has 124 valence electrons. The van der Waals surface area contributed by atoms with E-state index >= 15 is 0 Å². The molecule has 0 unspecified atom stereocenters. The summed E-state index contributed by atoms with van der Waals surface area (Å²) in [5.41, 5.74) is 14.7.